The van der Waals surface area contributed by atoms with Crippen molar-refractivity contribution in [1.82, 2.24) is 0 Å². The molecule has 0 bridgehead atoms. The fraction of sp³-hybridized carbons (Fsp3) is 0.878. The number of fused-ring (bicyclic) bond motifs is 7. The van der Waals surface area contributed by atoms with Gasteiger partial charge in [-0.25, -0.2) is 0 Å². The van der Waals surface area contributed by atoms with E-state index in [1.165, 1.54) is 5.57 Å². The molecule has 0 unspecified atom stereocenters. The van der Waals surface area contributed by atoms with Gasteiger partial charge in [0.2, 0.25) is 6.29 Å². The summed E-state index contributed by atoms with van der Waals surface area (Å²) in [5, 5.41) is 72.2. The van der Waals surface area contributed by atoms with Gasteiger partial charge in [-0.05, 0) is 97.2 Å². The molecule has 2 aliphatic heterocycles. The maximum atomic E-state index is 14.5. The summed E-state index contributed by atoms with van der Waals surface area (Å²) in [4.78, 5) is 14.5. The molecule has 12 nitrogen and oxygen atoms in total. The third-order valence-corrected chi connectivity index (χ3v) is 16.7. The maximum Gasteiger partial charge on any atom is 0.315 e. The summed E-state index contributed by atoms with van der Waals surface area (Å²) in [6.45, 7) is 17.9. The third kappa shape index (κ3) is 5.70. The van der Waals surface area contributed by atoms with Crippen LogP contribution in [0.15, 0.2) is 23.8 Å². The summed E-state index contributed by atoms with van der Waals surface area (Å²) in [5.41, 5.74) is 0.768. The lowest BCUT2D eigenvalue weighted by atomic mass is 9.33. The minimum Gasteiger partial charge on any atom is -0.432 e. The van der Waals surface area contributed by atoms with Gasteiger partial charge in [0, 0.05) is 5.92 Å². The standard InChI is InChI=1S/C41H64O12/c1-20-10-15-41(36(49)53-35-33(48)31(46)30(45)24(18-42)51-35)17-16-39(6)22(28(41)21(20)2)8-9-26-38(5)13-12-27(37(3,4)25(38)11-14-40(26,39)7)52-34-32(47)29(44)23(43)19-50-34/h8,20,23-35,42-48H,2,9-19H2,1,3-7H3/t20-,23-,24-,25+,26-,27+,28+,29+,30-,31+,32-,33-,34+,35+,38+,39-,40-,41+/m1/s1. The molecule has 0 amide bonds. The van der Waals surface area contributed by atoms with Crippen LogP contribution < -0.4 is 0 Å². The van der Waals surface area contributed by atoms with Crippen LogP contribution in [0.2, 0.25) is 0 Å². The van der Waals surface area contributed by atoms with Gasteiger partial charge in [0.05, 0.1) is 24.7 Å². The van der Waals surface area contributed by atoms with Crippen LogP contribution in [0, 0.1) is 50.7 Å². The highest BCUT2D eigenvalue weighted by atomic mass is 16.7. The Morgan fingerprint density at radius 1 is 0.849 bits per heavy atom. The zero-order valence-electron chi connectivity index (χ0n) is 32.3. The first-order valence-corrected chi connectivity index (χ1v) is 20.0. The highest BCUT2D eigenvalue weighted by Gasteiger charge is 2.70. The van der Waals surface area contributed by atoms with Crippen molar-refractivity contribution in [2.24, 2.45) is 50.7 Å². The van der Waals surface area contributed by atoms with Crippen molar-refractivity contribution in [1.29, 1.82) is 0 Å². The Bertz CT molecular complexity index is 1460. The first kappa shape index (κ1) is 39.8. The number of allylic oxidation sites excluding steroid dienone is 3. The monoisotopic (exact) mass is 748 g/mol. The summed E-state index contributed by atoms with van der Waals surface area (Å²) >= 11 is 0. The molecule has 300 valence electrons. The second-order valence-corrected chi connectivity index (χ2v) is 19.2. The molecule has 7 N–H and O–H groups in total. The van der Waals surface area contributed by atoms with Crippen LogP contribution in [0.1, 0.15) is 99.3 Å². The van der Waals surface area contributed by atoms with Crippen LogP contribution in [-0.4, -0.2) is 116 Å². The summed E-state index contributed by atoms with van der Waals surface area (Å²) in [6.07, 6.45) is -2.90. The number of hydrogen-bond donors (Lipinski definition) is 7. The van der Waals surface area contributed by atoms with Crippen LogP contribution in [0.4, 0.5) is 0 Å². The van der Waals surface area contributed by atoms with Crippen molar-refractivity contribution in [2.75, 3.05) is 13.2 Å². The van der Waals surface area contributed by atoms with Crippen LogP contribution in [0.25, 0.3) is 0 Å². The van der Waals surface area contributed by atoms with Crippen LogP contribution in [-0.2, 0) is 23.7 Å². The Labute approximate surface area is 313 Å². The number of aliphatic hydroxyl groups is 7. The summed E-state index contributed by atoms with van der Waals surface area (Å²) in [6, 6.07) is 0. The molecule has 6 fully saturated rings. The molecule has 7 rings (SSSR count). The third-order valence-electron chi connectivity index (χ3n) is 16.7. The van der Waals surface area contributed by atoms with E-state index in [1.807, 2.05) is 0 Å². The SMILES string of the molecule is C=C1[C@H]2C3=CC[C@@H]4[C@@]5(C)CC[C@H](O[C@@H]6OC[C@@H](O)[C@H](O)[C@H]6O)C(C)(C)[C@@H]5CC[C@@]4(C)[C@]3(C)CC[C@@]2(C(=O)O[C@@H]2O[C@H](CO)[C@@H](O)[C@H](O)[C@H]2O)CC[C@H]1C. The predicted octanol–water partition coefficient (Wildman–Crippen LogP) is 2.73. The topological polar surface area (TPSA) is 196 Å². The summed E-state index contributed by atoms with van der Waals surface area (Å²) in [5.74, 6) is 0.117. The predicted molar refractivity (Wildman–Crippen MR) is 191 cm³/mol. The molecule has 5 aliphatic carbocycles. The fourth-order valence-corrected chi connectivity index (χ4v) is 13.1. The van der Waals surface area contributed by atoms with Crippen molar-refractivity contribution in [3.05, 3.63) is 23.8 Å². The molecule has 12 heteroatoms. The first-order valence-electron chi connectivity index (χ1n) is 20.0. The van der Waals surface area contributed by atoms with E-state index in [1.54, 1.807) is 0 Å². The Balaban J connectivity index is 1.17. The van der Waals surface area contributed by atoms with Crippen molar-refractivity contribution in [3.8, 4) is 0 Å². The minimum absolute atomic E-state index is 0.0173. The van der Waals surface area contributed by atoms with E-state index < -0.39 is 73.3 Å². The molecule has 0 aromatic carbocycles. The average molecular weight is 749 g/mol. The van der Waals surface area contributed by atoms with E-state index in [0.29, 0.717) is 24.7 Å². The van der Waals surface area contributed by atoms with Gasteiger partial charge >= 0.3 is 5.97 Å². The molecule has 4 saturated carbocycles. The number of rotatable bonds is 5. The second-order valence-electron chi connectivity index (χ2n) is 19.2. The largest absolute Gasteiger partial charge is 0.432 e. The first-order chi connectivity index (χ1) is 24.8. The van der Waals surface area contributed by atoms with Crippen molar-refractivity contribution >= 4 is 5.97 Å². The number of carbonyl (C=O) groups is 1. The zero-order chi connectivity index (χ0) is 38.6. The lowest BCUT2D eigenvalue weighted by Crippen LogP contribution is -2.66. The quantitative estimate of drug-likeness (QED) is 0.124. The van der Waals surface area contributed by atoms with Gasteiger partial charge in [-0.1, -0.05) is 65.3 Å². The average Bonchev–Trinajstić information content (AvgIpc) is 3.11. The molecular formula is C41H64O12. The van der Waals surface area contributed by atoms with E-state index in [0.717, 1.165) is 50.5 Å². The van der Waals surface area contributed by atoms with E-state index in [4.69, 9.17) is 18.9 Å². The van der Waals surface area contributed by atoms with Gasteiger partial charge in [-0.2, -0.15) is 0 Å². The molecule has 0 aromatic rings. The molecule has 2 heterocycles. The molecule has 2 saturated heterocycles. The molecule has 7 aliphatic rings. The van der Waals surface area contributed by atoms with E-state index in [9.17, 15) is 40.5 Å². The number of ether oxygens (including phenoxy) is 4. The van der Waals surface area contributed by atoms with Crippen LogP contribution in [0.5, 0.6) is 0 Å². The number of carbonyl (C=O) groups excluding carboxylic acids is 1. The minimum atomic E-state index is -1.67. The van der Waals surface area contributed by atoms with Crippen molar-refractivity contribution in [3.63, 3.8) is 0 Å². The van der Waals surface area contributed by atoms with Crippen molar-refractivity contribution < 1.29 is 59.5 Å². The normalized spacial score (nSPS) is 53.7. The second kappa shape index (κ2) is 13.6. The fourth-order valence-electron chi connectivity index (χ4n) is 13.1. The lowest BCUT2D eigenvalue weighted by Gasteiger charge is -2.71. The number of hydrogen-bond acceptors (Lipinski definition) is 12. The van der Waals surface area contributed by atoms with Gasteiger partial charge in [0.15, 0.2) is 6.29 Å². The van der Waals surface area contributed by atoms with E-state index in [2.05, 4.69) is 54.2 Å². The van der Waals surface area contributed by atoms with E-state index >= 15 is 0 Å². The number of aliphatic hydroxyl groups excluding tert-OH is 7. The lowest BCUT2D eigenvalue weighted by molar-refractivity contribution is -0.308. The number of esters is 1. The maximum absolute atomic E-state index is 14.5. The molecule has 0 aromatic heterocycles. The summed E-state index contributed by atoms with van der Waals surface area (Å²) < 4.78 is 23.7. The molecule has 18 atom stereocenters. The van der Waals surface area contributed by atoms with Crippen molar-refractivity contribution in [2.45, 2.75) is 161 Å². The van der Waals surface area contributed by atoms with Gasteiger partial charge in [0.25, 0.3) is 0 Å². The highest BCUT2D eigenvalue weighted by Crippen LogP contribution is 2.76. The summed E-state index contributed by atoms with van der Waals surface area (Å²) in [7, 11) is 0. The Morgan fingerprint density at radius 2 is 1.55 bits per heavy atom. The molecule has 0 radical (unpaired) electrons. The van der Waals surface area contributed by atoms with Crippen LogP contribution in [0.3, 0.4) is 0 Å². The molecular weight excluding hydrogens is 684 g/mol. The van der Waals surface area contributed by atoms with Crippen LogP contribution >= 0.6 is 0 Å². The molecule has 0 spiro atoms. The van der Waals surface area contributed by atoms with Gasteiger partial charge in [-0.15, -0.1) is 0 Å². The molecule has 53 heavy (non-hydrogen) atoms. The Kier molecular flexibility index (Phi) is 10.2. The smallest absolute Gasteiger partial charge is 0.315 e. The Hall–Kier alpha value is -1.45. The van der Waals surface area contributed by atoms with Gasteiger partial charge in [0.1, 0.15) is 42.7 Å². The Morgan fingerprint density at radius 3 is 2.25 bits per heavy atom. The van der Waals surface area contributed by atoms with Gasteiger partial charge in [-0.3, -0.25) is 4.79 Å². The van der Waals surface area contributed by atoms with E-state index in [-0.39, 0.29) is 46.2 Å². The highest BCUT2D eigenvalue weighted by molar-refractivity contribution is 5.80. The van der Waals surface area contributed by atoms with Gasteiger partial charge < -0.3 is 54.7 Å². The zero-order valence-corrected chi connectivity index (χ0v) is 32.3.